The van der Waals surface area contributed by atoms with Crippen LogP contribution in [0.1, 0.15) is 17.0 Å². The number of nitrogens with zero attached hydrogens (tertiary/aromatic N) is 3. The van der Waals surface area contributed by atoms with Crippen LogP contribution in [-0.4, -0.2) is 14.8 Å². The summed E-state index contributed by atoms with van der Waals surface area (Å²) in [4.78, 5) is 4.29. The van der Waals surface area contributed by atoms with Crippen LogP contribution in [0.15, 0.2) is 72.9 Å². The zero-order chi connectivity index (χ0) is 17.1. The Morgan fingerprint density at radius 1 is 0.880 bits per heavy atom. The molecule has 0 amide bonds. The Morgan fingerprint density at radius 3 is 2.52 bits per heavy atom. The molecule has 0 radical (unpaired) electrons. The number of halogens is 1. The second-order valence-corrected chi connectivity index (χ2v) is 5.74. The van der Waals surface area contributed by atoms with Crippen LogP contribution in [-0.2, 0) is 6.54 Å². The van der Waals surface area contributed by atoms with Gasteiger partial charge >= 0.3 is 0 Å². The van der Waals surface area contributed by atoms with Gasteiger partial charge in [-0.25, -0.2) is 4.39 Å². The van der Waals surface area contributed by atoms with Crippen molar-refractivity contribution in [3.8, 4) is 0 Å². The van der Waals surface area contributed by atoms with E-state index in [-0.39, 0.29) is 5.82 Å². The molecule has 0 aliphatic carbocycles. The highest BCUT2D eigenvalue weighted by atomic mass is 19.1. The minimum Gasteiger partial charge on any atom is -0.260 e. The molecule has 0 aliphatic heterocycles. The molecular formula is C21H16FN3. The second kappa shape index (κ2) is 6.69. The molecule has 0 spiro atoms. The molecule has 0 N–H and O–H groups in total. The van der Waals surface area contributed by atoms with Crippen molar-refractivity contribution in [2.45, 2.75) is 6.54 Å². The maximum Gasteiger partial charge on any atom is 0.128 e. The van der Waals surface area contributed by atoms with E-state index in [2.05, 4.69) is 10.1 Å². The van der Waals surface area contributed by atoms with E-state index in [0.717, 1.165) is 22.3 Å². The molecule has 0 fully saturated rings. The molecule has 0 unspecified atom stereocenters. The van der Waals surface area contributed by atoms with Crippen LogP contribution >= 0.6 is 0 Å². The fraction of sp³-hybridized carbons (Fsp3) is 0.0476. The average molecular weight is 329 g/mol. The van der Waals surface area contributed by atoms with Gasteiger partial charge in [-0.05, 0) is 36.4 Å². The Kier molecular flexibility index (Phi) is 4.09. The third kappa shape index (κ3) is 3.19. The van der Waals surface area contributed by atoms with Gasteiger partial charge in [0.15, 0.2) is 0 Å². The van der Waals surface area contributed by atoms with E-state index in [4.69, 9.17) is 0 Å². The van der Waals surface area contributed by atoms with Crippen molar-refractivity contribution in [3.05, 3.63) is 95.7 Å². The third-order valence-corrected chi connectivity index (χ3v) is 4.06. The molecule has 0 atom stereocenters. The molecule has 0 saturated heterocycles. The fourth-order valence-electron chi connectivity index (χ4n) is 2.82. The summed E-state index contributed by atoms with van der Waals surface area (Å²) in [5.41, 5.74) is 3.32. The number of aromatic nitrogens is 3. The maximum absolute atomic E-state index is 14.0. The van der Waals surface area contributed by atoms with Gasteiger partial charge in [0.05, 0.1) is 23.4 Å². The zero-order valence-electron chi connectivity index (χ0n) is 13.5. The first-order valence-electron chi connectivity index (χ1n) is 8.09. The number of hydrogen-bond donors (Lipinski definition) is 0. The molecular weight excluding hydrogens is 313 g/mol. The number of benzene rings is 2. The van der Waals surface area contributed by atoms with Crippen molar-refractivity contribution in [2.24, 2.45) is 0 Å². The van der Waals surface area contributed by atoms with Gasteiger partial charge < -0.3 is 0 Å². The number of pyridine rings is 1. The van der Waals surface area contributed by atoms with Gasteiger partial charge in [-0.15, -0.1) is 0 Å². The first kappa shape index (κ1) is 15.3. The van der Waals surface area contributed by atoms with Crippen LogP contribution in [0.25, 0.3) is 23.1 Å². The Balaban J connectivity index is 1.74. The molecule has 2 heterocycles. The summed E-state index contributed by atoms with van der Waals surface area (Å²) in [6.07, 6.45) is 5.64. The molecule has 4 rings (SSSR count). The Bertz CT molecular complexity index is 1040. The van der Waals surface area contributed by atoms with Crippen molar-refractivity contribution in [1.82, 2.24) is 14.8 Å². The van der Waals surface area contributed by atoms with Crippen LogP contribution in [0, 0.1) is 5.82 Å². The largest absolute Gasteiger partial charge is 0.260 e. The first-order chi connectivity index (χ1) is 12.3. The van der Waals surface area contributed by atoms with Gasteiger partial charge in [0, 0.05) is 17.1 Å². The van der Waals surface area contributed by atoms with Crippen molar-refractivity contribution < 1.29 is 4.39 Å². The summed E-state index contributed by atoms with van der Waals surface area (Å²) in [5.74, 6) is -0.215. The minimum absolute atomic E-state index is 0.215. The summed E-state index contributed by atoms with van der Waals surface area (Å²) >= 11 is 0. The van der Waals surface area contributed by atoms with Gasteiger partial charge in [-0.3, -0.25) is 9.67 Å². The molecule has 2 aromatic heterocycles. The SMILES string of the molecule is Fc1ccccc1Cn1nc(C=Cc2ccccn2)c2ccccc21. The quantitative estimate of drug-likeness (QED) is 0.539. The van der Waals surface area contributed by atoms with Gasteiger partial charge in [-0.1, -0.05) is 42.5 Å². The molecule has 0 bridgehead atoms. The van der Waals surface area contributed by atoms with Crippen LogP contribution in [0.4, 0.5) is 4.39 Å². The highest BCUT2D eigenvalue weighted by Crippen LogP contribution is 2.22. The smallest absolute Gasteiger partial charge is 0.128 e. The van der Waals surface area contributed by atoms with Crippen molar-refractivity contribution in [3.63, 3.8) is 0 Å². The van der Waals surface area contributed by atoms with E-state index in [1.165, 1.54) is 6.07 Å². The van der Waals surface area contributed by atoms with Crippen molar-refractivity contribution in [1.29, 1.82) is 0 Å². The van der Waals surface area contributed by atoms with Crippen LogP contribution in [0.3, 0.4) is 0 Å². The van der Waals surface area contributed by atoms with Gasteiger partial charge in [0.25, 0.3) is 0 Å². The van der Waals surface area contributed by atoms with Crippen molar-refractivity contribution >= 4 is 23.1 Å². The molecule has 122 valence electrons. The number of para-hydroxylation sites is 1. The summed E-state index contributed by atoms with van der Waals surface area (Å²) < 4.78 is 15.8. The summed E-state index contributed by atoms with van der Waals surface area (Å²) in [6, 6.07) is 20.5. The van der Waals surface area contributed by atoms with Crippen LogP contribution in [0.5, 0.6) is 0 Å². The van der Waals surface area contributed by atoms with Crippen LogP contribution in [0.2, 0.25) is 0 Å². The summed E-state index contributed by atoms with van der Waals surface area (Å²) in [5, 5.41) is 5.71. The molecule has 0 saturated carbocycles. The lowest BCUT2D eigenvalue weighted by atomic mass is 10.2. The monoisotopic (exact) mass is 329 g/mol. The third-order valence-electron chi connectivity index (χ3n) is 4.06. The van der Waals surface area contributed by atoms with E-state index in [1.54, 1.807) is 18.3 Å². The predicted molar refractivity (Wildman–Crippen MR) is 98.4 cm³/mol. The normalized spacial score (nSPS) is 11.4. The first-order valence-corrected chi connectivity index (χ1v) is 8.09. The highest BCUT2D eigenvalue weighted by molar-refractivity contribution is 5.89. The number of hydrogen-bond acceptors (Lipinski definition) is 2. The maximum atomic E-state index is 14.0. The molecule has 2 aromatic carbocycles. The molecule has 4 heteroatoms. The lowest BCUT2D eigenvalue weighted by molar-refractivity contribution is 0.590. The molecule has 0 aliphatic rings. The standard InChI is InChI=1S/C21H16FN3/c22-19-10-3-1-7-16(19)15-25-21-11-4-2-9-18(21)20(24-25)13-12-17-8-5-6-14-23-17/h1-14H,15H2. The van der Waals surface area contributed by atoms with Crippen LogP contribution < -0.4 is 0 Å². The van der Waals surface area contributed by atoms with Crippen molar-refractivity contribution in [2.75, 3.05) is 0 Å². The predicted octanol–water partition coefficient (Wildman–Crippen LogP) is 4.79. The van der Waals surface area contributed by atoms with E-state index in [9.17, 15) is 4.39 Å². The van der Waals surface area contributed by atoms with E-state index in [1.807, 2.05) is 65.4 Å². The lowest BCUT2D eigenvalue weighted by Gasteiger charge is -2.04. The van der Waals surface area contributed by atoms with E-state index < -0.39 is 0 Å². The second-order valence-electron chi connectivity index (χ2n) is 5.74. The minimum atomic E-state index is -0.215. The average Bonchev–Trinajstić information content (AvgIpc) is 3.01. The molecule has 4 aromatic rings. The molecule has 3 nitrogen and oxygen atoms in total. The van der Waals surface area contributed by atoms with E-state index in [0.29, 0.717) is 12.1 Å². The summed E-state index contributed by atoms with van der Waals surface area (Å²) in [7, 11) is 0. The fourth-order valence-corrected chi connectivity index (χ4v) is 2.82. The number of rotatable bonds is 4. The van der Waals surface area contributed by atoms with Gasteiger partial charge in [0.1, 0.15) is 5.82 Å². The van der Waals surface area contributed by atoms with Gasteiger partial charge in [-0.2, -0.15) is 5.10 Å². The molecule has 25 heavy (non-hydrogen) atoms. The Hall–Kier alpha value is -3.27. The van der Waals surface area contributed by atoms with E-state index >= 15 is 0 Å². The Labute approximate surface area is 145 Å². The Morgan fingerprint density at radius 2 is 1.68 bits per heavy atom. The lowest BCUT2D eigenvalue weighted by Crippen LogP contribution is -2.03. The summed E-state index contributed by atoms with van der Waals surface area (Å²) in [6.45, 7) is 0.393. The van der Waals surface area contributed by atoms with Gasteiger partial charge in [0.2, 0.25) is 0 Å². The zero-order valence-corrected chi connectivity index (χ0v) is 13.5. The number of fused-ring (bicyclic) bond motifs is 1. The highest BCUT2D eigenvalue weighted by Gasteiger charge is 2.10. The topological polar surface area (TPSA) is 30.7 Å².